The van der Waals surface area contributed by atoms with Crippen molar-refractivity contribution in [3.63, 3.8) is 0 Å². The van der Waals surface area contributed by atoms with Crippen LogP contribution in [0.25, 0.3) is 39.4 Å². The van der Waals surface area contributed by atoms with Gasteiger partial charge in [0.25, 0.3) is 0 Å². The zero-order valence-corrected chi connectivity index (χ0v) is 15.2. The van der Waals surface area contributed by atoms with Crippen LogP contribution in [0.15, 0.2) is 72.9 Å². The lowest BCUT2D eigenvalue weighted by Crippen LogP contribution is -1.99. The molecule has 29 heavy (non-hydrogen) atoms. The Bertz CT molecular complexity index is 1360. The fourth-order valence-electron chi connectivity index (χ4n) is 3.37. The number of anilines is 1. The third-order valence-electron chi connectivity index (χ3n) is 4.76. The molecule has 0 atom stereocenters. The normalized spacial score (nSPS) is 10.9. The van der Waals surface area contributed by atoms with Gasteiger partial charge >= 0.3 is 0 Å². The van der Waals surface area contributed by atoms with Gasteiger partial charge in [-0.3, -0.25) is 5.10 Å². The summed E-state index contributed by atoms with van der Waals surface area (Å²) in [7, 11) is 0. The highest BCUT2D eigenvalue weighted by molar-refractivity contribution is 5.83. The minimum absolute atomic E-state index is 0.355. The Morgan fingerprint density at radius 2 is 1.66 bits per heavy atom. The third-order valence-corrected chi connectivity index (χ3v) is 4.76. The zero-order valence-electron chi connectivity index (χ0n) is 15.2. The van der Waals surface area contributed by atoms with E-state index in [9.17, 15) is 5.26 Å². The lowest BCUT2D eigenvalue weighted by molar-refractivity contribution is 0.953. The van der Waals surface area contributed by atoms with E-state index in [4.69, 9.17) is 10.7 Å². The lowest BCUT2D eigenvalue weighted by Gasteiger charge is -2.08. The number of aromatic nitrogens is 5. The Labute approximate surface area is 166 Å². The Hall–Kier alpha value is -4.44. The summed E-state index contributed by atoms with van der Waals surface area (Å²) in [5.41, 5.74) is 11.4. The first-order chi connectivity index (χ1) is 14.3. The Morgan fingerprint density at radius 3 is 2.28 bits per heavy atom. The van der Waals surface area contributed by atoms with Crippen molar-refractivity contribution in [1.29, 1.82) is 5.26 Å². The minimum Gasteiger partial charge on any atom is -0.384 e. The van der Waals surface area contributed by atoms with Gasteiger partial charge in [0.2, 0.25) is 0 Å². The van der Waals surface area contributed by atoms with E-state index in [0.29, 0.717) is 28.3 Å². The van der Waals surface area contributed by atoms with Crippen LogP contribution in [0, 0.1) is 11.3 Å². The summed E-state index contributed by atoms with van der Waals surface area (Å²) in [6.45, 7) is 0. The highest BCUT2D eigenvalue weighted by Gasteiger charge is 2.22. The third kappa shape index (κ3) is 2.71. The van der Waals surface area contributed by atoms with Crippen molar-refractivity contribution in [3.8, 4) is 39.8 Å². The fourth-order valence-corrected chi connectivity index (χ4v) is 3.37. The van der Waals surface area contributed by atoms with Crippen LogP contribution < -0.4 is 5.73 Å². The van der Waals surface area contributed by atoms with E-state index in [1.54, 1.807) is 10.7 Å². The van der Waals surface area contributed by atoms with E-state index < -0.39 is 0 Å². The SMILES string of the molecule is N#Cc1c(-c2cn[nH]c2N)nn2c(-c3ccccc3)cc(-c3ccccc3)nc12. The van der Waals surface area contributed by atoms with E-state index in [0.717, 1.165) is 22.5 Å². The molecule has 5 rings (SSSR count). The van der Waals surface area contributed by atoms with Crippen molar-refractivity contribution in [2.75, 3.05) is 5.73 Å². The number of nitrogens with zero attached hydrogens (tertiary/aromatic N) is 5. The molecule has 0 aliphatic rings. The second-order valence-corrected chi connectivity index (χ2v) is 6.53. The van der Waals surface area contributed by atoms with Gasteiger partial charge in [-0.2, -0.15) is 15.5 Å². The summed E-state index contributed by atoms with van der Waals surface area (Å²) in [6, 6.07) is 24.0. The second kappa shape index (κ2) is 6.62. The van der Waals surface area contributed by atoms with Crippen LogP contribution in [0.1, 0.15) is 5.56 Å². The van der Waals surface area contributed by atoms with Gasteiger partial charge in [-0.25, -0.2) is 9.50 Å². The number of benzene rings is 2. The number of H-pyrrole nitrogens is 1. The van der Waals surface area contributed by atoms with E-state index in [1.807, 2.05) is 66.7 Å². The minimum atomic E-state index is 0.355. The molecule has 0 saturated carbocycles. The maximum absolute atomic E-state index is 9.90. The predicted octanol–water partition coefficient (Wildman–Crippen LogP) is 3.91. The van der Waals surface area contributed by atoms with Gasteiger partial charge < -0.3 is 5.73 Å². The fraction of sp³-hybridized carbons (Fsp3) is 0. The maximum atomic E-state index is 9.90. The standard InChI is InChI=1S/C22H15N7/c23-12-16-20(17-13-25-27-21(17)24)28-29-19(15-9-5-2-6-10-15)11-18(26-22(16)29)14-7-3-1-4-8-14/h1-11,13H,(H3,24,25,27). The molecule has 3 heterocycles. The molecular weight excluding hydrogens is 362 g/mol. The predicted molar refractivity (Wildman–Crippen MR) is 111 cm³/mol. The van der Waals surface area contributed by atoms with Gasteiger partial charge in [-0.1, -0.05) is 60.7 Å². The molecule has 3 N–H and O–H groups in total. The molecule has 0 saturated heterocycles. The van der Waals surface area contributed by atoms with E-state index in [-0.39, 0.29) is 0 Å². The number of nitrogens with one attached hydrogen (secondary N) is 1. The molecule has 3 aromatic heterocycles. The average Bonchev–Trinajstić information content (AvgIpc) is 3.36. The van der Waals surface area contributed by atoms with Gasteiger partial charge in [0.05, 0.1) is 23.1 Å². The number of fused-ring (bicyclic) bond motifs is 1. The molecule has 0 aliphatic heterocycles. The molecule has 5 aromatic rings. The smallest absolute Gasteiger partial charge is 0.174 e. The van der Waals surface area contributed by atoms with Crippen LogP contribution in [0.5, 0.6) is 0 Å². The van der Waals surface area contributed by atoms with Crippen LogP contribution in [0.3, 0.4) is 0 Å². The van der Waals surface area contributed by atoms with Crippen LogP contribution in [0.2, 0.25) is 0 Å². The molecule has 7 nitrogen and oxygen atoms in total. The number of hydrogen-bond donors (Lipinski definition) is 2. The number of rotatable bonds is 3. The average molecular weight is 377 g/mol. The van der Waals surface area contributed by atoms with Crippen LogP contribution in [-0.2, 0) is 0 Å². The molecule has 138 valence electrons. The van der Waals surface area contributed by atoms with Gasteiger partial charge in [0.1, 0.15) is 23.1 Å². The molecule has 0 radical (unpaired) electrons. The second-order valence-electron chi connectivity index (χ2n) is 6.53. The zero-order chi connectivity index (χ0) is 19.8. The topological polar surface area (TPSA) is 109 Å². The van der Waals surface area contributed by atoms with Gasteiger partial charge in [0, 0.05) is 11.1 Å². The molecule has 7 heteroatoms. The van der Waals surface area contributed by atoms with Gasteiger partial charge in [-0.15, -0.1) is 0 Å². The molecule has 0 bridgehead atoms. The quantitative estimate of drug-likeness (QED) is 0.495. The largest absolute Gasteiger partial charge is 0.384 e. The number of hydrogen-bond acceptors (Lipinski definition) is 5. The van der Waals surface area contributed by atoms with E-state index in [2.05, 4.69) is 21.4 Å². The molecule has 0 spiro atoms. The first kappa shape index (κ1) is 16.7. The Balaban J connectivity index is 1.88. The summed E-state index contributed by atoms with van der Waals surface area (Å²) in [6.07, 6.45) is 1.57. The van der Waals surface area contributed by atoms with E-state index in [1.165, 1.54) is 0 Å². The molecule has 0 fully saturated rings. The number of nitrogens with two attached hydrogens (primary N) is 1. The Kier molecular flexibility index (Phi) is 3.82. The monoisotopic (exact) mass is 377 g/mol. The molecule has 0 aliphatic carbocycles. The van der Waals surface area contributed by atoms with Crippen molar-refractivity contribution < 1.29 is 0 Å². The summed E-state index contributed by atoms with van der Waals surface area (Å²) < 4.78 is 1.70. The molecule has 2 aromatic carbocycles. The summed E-state index contributed by atoms with van der Waals surface area (Å²) in [5.74, 6) is 0.356. The van der Waals surface area contributed by atoms with Crippen molar-refractivity contribution >= 4 is 11.5 Å². The summed E-state index contributed by atoms with van der Waals surface area (Å²) in [4.78, 5) is 4.77. The van der Waals surface area contributed by atoms with Crippen LogP contribution in [0.4, 0.5) is 5.82 Å². The summed E-state index contributed by atoms with van der Waals surface area (Å²) in [5, 5.41) is 21.2. The van der Waals surface area contributed by atoms with Gasteiger partial charge in [-0.05, 0) is 6.07 Å². The van der Waals surface area contributed by atoms with Crippen molar-refractivity contribution in [3.05, 3.63) is 78.5 Å². The van der Waals surface area contributed by atoms with Crippen molar-refractivity contribution in [2.45, 2.75) is 0 Å². The van der Waals surface area contributed by atoms with E-state index >= 15 is 0 Å². The van der Waals surface area contributed by atoms with Crippen molar-refractivity contribution in [1.82, 2.24) is 24.8 Å². The molecule has 0 amide bonds. The first-order valence-corrected chi connectivity index (χ1v) is 9.00. The number of nitrogen functional groups attached to an aromatic ring is 1. The highest BCUT2D eigenvalue weighted by Crippen LogP contribution is 2.32. The van der Waals surface area contributed by atoms with Gasteiger partial charge in [0.15, 0.2) is 5.65 Å². The lowest BCUT2D eigenvalue weighted by atomic mass is 10.1. The van der Waals surface area contributed by atoms with Crippen molar-refractivity contribution in [2.24, 2.45) is 0 Å². The molecular formula is C22H15N7. The Morgan fingerprint density at radius 1 is 0.966 bits per heavy atom. The maximum Gasteiger partial charge on any atom is 0.174 e. The molecule has 0 unspecified atom stereocenters. The number of aromatic amines is 1. The first-order valence-electron chi connectivity index (χ1n) is 9.00. The number of nitriles is 1. The van der Waals surface area contributed by atoms with Crippen LogP contribution >= 0.6 is 0 Å². The highest BCUT2D eigenvalue weighted by atomic mass is 15.3. The summed E-state index contributed by atoms with van der Waals surface area (Å²) >= 11 is 0. The van der Waals surface area contributed by atoms with Crippen LogP contribution in [-0.4, -0.2) is 24.8 Å².